The number of ether oxygens (including phenoxy) is 2. The standard InChI is InChI=1S/C23H18BrN3O3S2/c1-29-18-10-7-13(11-19(18)30-2)21(28)27-23(31)26-16-9-8-14(24)12-15(16)22-25-17-5-3-4-6-20(17)32-22/h3-12H,1-2H3,(H2,26,27,28,31). The predicted molar refractivity (Wildman–Crippen MR) is 136 cm³/mol. The second kappa shape index (κ2) is 9.64. The van der Waals surface area contributed by atoms with Crippen LogP contribution in [-0.4, -0.2) is 30.2 Å². The van der Waals surface area contributed by atoms with Crippen LogP contribution in [0, 0.1) is 0 Å². The maximum Gasteiger partial charge on any atom is 0.257 e. The van der Waals surface area contributed by atoms with Crippen molar-refractivity contribution in [2.45, 2.75) is 0 Å². The first-order valence-electron chi connectivity index (χ1n) is 9.48. The molecular weight excluding hydrogens is 510 g/mol. The van der Waals surface area contributed by atoms with E-state index in [-0.39, 0.29) is 11.0 Å². The highest BCUT2D eigenvalue weighted by molar-refractivity contribution is 9.10. The third-order valence-corrected chi connectivity index (χ3v) is 6.39. The second-order valence-electron chi connectivity index (χ2n) is 6.65. The van der Waals surface area contributed by atoms with Crippen LogP contribution in [0.3, 0.4) is 0 Å². The van der Waals surface area contributed by atoms with Gasteiger partial charge in [-0.05, 0) is 60.7 Å². The largest absolute Gasteiger partial charge is 0.493 e. The third-order valence-electron chi connectivity index (χ3n) is 4.63. The molecule has 0 unspecified atom stereocenters. The maximum atomic E-state index is 12.7. The summed E-state index contributed by atoms with van der Waals surface area (Å²) in [7, 11) is 3.06. The van der Waals surface area contributed by atoms with Crippen LogP contribution in [0.1, 0.15) is 10.4 Å². The molecule has 1 heterocycles. The lowest BCUT2D eigenvalue weighted by Gasteiger charge is -2.14. The van der Waals surface area contributed by atoms with Crippen LogP contribution in [0.2, 0.25) is 0 Å². The van der Waals surface area contributed by atoms with Gasteiger partial charge >= 0.3 is 0 Å². The summed E-state index contributed by atoms with van der Waals surface area (Å²) in [5, 5.41) is 6.86. The van der Waals surface area contributed by atoms with Gasteiger partial charge in [0.15, 0.2) is 16.6 Å². The van der Waals surface area contributed by atoms with Gasteiger partial charge in [0.1, 0.15) is 5.01 Å². The van der Waals surface area contributed by atoms with Crippen LogP contribution in [-0.2, 0) is 0 Å². The van der Waals surface area contributed by atoms with Gasteiger partial charge in [0.2, 0.25) is 0 Å². The van der Waals surface area contributed by atoms with Crippen molar-refractivity contribution < 1.29 is 14.3 Å². The van der Waals surface area contributed by atoms with E-state index in [9.17, 15) is 4.79 Å². The monoisotopic (exact) mass is 527 g/mol. The number of rotatable bonds is 5. The number of aromatic nitrogens is 1. The summed E-state index contributed by atoms with van der Waals surface area (Å²) >= 11 is 10.5. The fraction of sp³-hybridized carbons (Fsp3) is 0.0870. The van der Waals surface area contributed by atoms with Gasteiger partial charge in [-0.25, -0.2) is 4.98 Å². The van der Waals surface area contributed by atoms with Crippen LogP contribution in [0.5, 0.6) is 11.5 Å². The van der Waals surface area contributed by atoms with Crippen LogP contribution >= 0.6 is 39.5 Å². The van der Waals surface area contributed by atoms with Crippen molar-refractivity contribution >= 4 is 66.4 Å². The second-order valence-corrected chi connectivity index (χ2v) is 9.01. The van der Waals surface area contributed by atoms with Gasteiger partial charge in [-0.2, -0.15) is 0 Å². The van der Waals surface area contributed by atoms with E-state index >= 15 is 0 Å². The lowest BCUT2D eigenvalue weighted by Crippen LogP contribution is -2.34. The van der Waals surface area contributed by atoms with E-state index < -0.39 is 0 Å². The van der Waals surface area contributed by atoms with E-state index in [1.165, 1.54) is 14.2 Å². The minimum Gasteiger partial charge on any atom is -0.493 e. The van der Waals surface area contributed by atoms with Gasteiger partial charge in [0.25, 0.3) is 5.91 Å². The minimum atomic E-state index is -0.359. The summed E-state index contributed by atoms with van der Waals surface area (Å²) in [5.74, 6) is 0.646. The SMILES string of the molecule is COc1ccc(C(=O)NC(=S)Nc2ccc(Br)cc2-c2nc3ccccc3s2)cc1OC. The number of thiocarbonyl (C=S) groups is 1. The van der Waals surface area contributed by atoms with E-state index in [0.717, 1.165) is 30.9 Å². The number of halogens is 1. The smallest absolute Gasteiger partial charge is 0.257 e. The summed E-state index contributed by atoms with van der Waals surface area (Å²) in [4.78, 5) is 17.4. The number of carbonyl (C=O) groups is 1. The molecule has 0 aliphatic carbocycles. The quantitative estimate of drug-likeness (QED) is 0.316. The number of thiazole rings is 1. The third kappa shape index (κ3) is 4.74. The van der Waals surface area contributed by atoms with E-state index in [4.69, 9.17) is 26.7 Å². The Balaban J connectivity index is 1.55. The summed E-state index contributed by atoms with van der Waals surface area (Å²) in [6.07, 6.45) is 0. The average molecular weight is 528 g/mol. The summed E-state index contributed by atoms with van der Waals surface area (Å²) < 4.78 is 12.5. The zero-order valence-corrected chi connectivity index (χ0v) is 20.4. The molecule has 0 fully saturated rings. The molecule has 3 aromatic carbocycles. The van der Waals surface area contributed by atoms with Crippen molar-refractivity contribution in [2.24, 2.45) is 0 Å². The zero-order chi connectivity index (χ0) is 22.7. The first-order valence-corrected chi connectivity index (χ1v) is 11.5. The molecule has 0 atom stereocenters. The molecule has 0 saturated heterocycles. The molecule has 1 aromatic heterocycles. The maximum absolute atomic E-state index is 12.7. The number of fused-ring (bicyclic) bond motifs is 1. The van der Waals surface area contributed by atoms with E-state index in [0.29, 0.717) is 17.1 Å². The number of methoxy groups -OCH3 is 2. The number of hydrogen-bond donors (Lipinski definition) is 2. The minimum absolute atomic E-state index is 0.175. The molecule has 9 heteroatoms. The molecule has 1 amide bonds. The topological polar surface area (TPSA) is 72.5 Å². The Bertz CT molecular complexity index is 1290. The number of hydrogen-bond acceptors (Lipinski definition) is 6. The molecule has 162 valence electrons. The first-order chi connectivity index (χ1) is 15.5. The van der Waals surface area contributed by atoms with E-state index in [1.54, 1.807) is 29.5 Å². The fourth-order valence-corrected chi connectivity index (χ4v) is 4.66. The van der Waals surface area contributed by atoms with Crippen LogP contribution in [0.15, 0.2) is 65.1 Å². The Morgan fingerprint density at radius 1 is 1.03 bits per heavy atom. The fourth-order valence-electron chi connectivity index (χ4n) is 3.10. The van der Waals surface area contributed by atoms with Crippen LogP contribution < -0.4 is 20.1 Å². The molecule has 0 spiro atoms. The highest BCUT2D eigenvalue weighted by atomic mass is 79.9. The molecule has 0 radical (unpaired) electrons. The van der Waals surface area contributed by atoms with Crippen molar-refractivity contribution in [1.29, 1.82) is 0 Å². The predicted octanol–water partition coefficient (Wildman–Crippen LogP) is 5.87. The van der Waals surface area contributed by atoms with Crippen molar-refractivity contribution in [1.82, 2.24) is 10.3 Å². The molecule has 2 N–H and O–H groups in total. The highest BCUT2D eigenvalue weighted by Crippen LogP contribution is 2.36. The molecule has 0 aliphatic heterocycles. The number of amides is 1. The number of anilines is 1. The molecule has 0 saturated carbocycles. The van der Waals surface area contributed by atoms with Crippen molar-refractivity contribution in [3.05, 3.63) is 70.7 Å². The van der Waals surface area contributed by atoms with Crippen LogP contribution in [0.4, 0.5) is 5.69 Å². The van der Waals surface area contributed by atoms with Crippen molar-refractivity contribution in [2.75, 3.05) is 19.5 Å². The van der Waals surface area contributed by atoms with E-state index in [2.05, 4.69) is 26.6 Å². The number of benzene rings is 3. The number of nitrogens with zero attached hydrogens (tertiary/aromatic N) is 1. The number of nitrogens with one attached hydrogen (secondary N) is 2. The normalized spacial score (nSPS) is 10.6. The Kier molecular flexibility index (Phi) is 6.69. The lowest BCUT2D eigenvalue weighted by molar-refractivity contribution is 0.0977. The van der Waals surface area contributed by atoms with Gasteiger partial charge < -0.3 is 14.8 Å². The Hall–Kier alpha value is -3.01. The lowest BCUT2D eigenvalue weighted by atomic mass is 10.2. The molecule has 6 nitrogen and oxygen atoms in total. The molecule has 0 aliphatic rings. The van der Waals surface area contributed by atoms with Gasteiger partial charge in [-0.15, -0.1) is 11.3 Å². The van der Waals surface area contributed by atoms with Crippen LogP contribution in [0.25, 0.3) is 20.8 Å². The number of para-hydroxylation sites is 1. The summed E-state index contributed by atoms with van der Waals surface area (Å²) in [6.45, 7) is 0. The molecule has 0 bridgehead atoms. The Morgan fingerprint density at radius 3 is 2.56 bits per heavy atom. The molecule has 4 aromatic rings. The Labute approximate surface area is 202 Å². The molecular formula is C23H18BrN3O3S2. The average Bonchev–Trinajstić information content (AvgIpc) is 3.23. The van der Waals surface area contributed by atoms with Gasteiger partial charge in [-0.3, -0.25) is 10.1 Å². The Morgan fingerprint density at radius 2 is 1.81 bits per heavy atom. The highest BCUT2D eigenvalue weighted by Gasteiger charge is 2.15. The number of carbonyl (C=O) groups excluding carboxylic acids is 1. The van der Waals surface area contributed by atoms with Crippen molar-refractivity contribution in [3.8, 4) is 22.1 Å². The summed E-state index contributed by atoms with van der Waals surface area (Å²) in [5.41, 5.74) is 2.95. The first kappa shape index (κ1) is 22.2. The molecule has 32 heavy (non-hydrogen) atoms. The van der Waals surface area contributed by atoms with Gasteiger partial charge in [0, 0.05) is 15.6 Å². The van der Waals surface area contributed by atoms with Crippen molar-refractivity contribution in [3.63, 3.8) is 0 Å². The van der Waals surface area contributed by atoms with E-state index in [1.807, 2.05) is 42.5 Å². The van der Waals surface area contributed by atoms with Gasteiger partial charge in [0.05, 0.1) is 30.1 Å². The zero-order valence-electron chi connectivity index (χ0n) is 17.1. The van der Waals surface area contributed by atoms with Gasteiger partial charge in [-0.1, -0.05) is 28.1 Å². The molecule has 4 rings (SSSR count). The summed E-state index contributed by atoms with van der Waals surface area (Å²) in [6, 6.07) is 18.6.